The van der Waals surface area contributed by atoms with Crippen LogP contribution in [0.4, 0.5) is 5.69 Å². The van der Waals surface area contributed by atoms with Gasteiger partial charge in [-0.1, -0.05) is 17.7 Å². The highest BCUT2D eigenvalue weighted by molar-refractivity contribution is 7.12. The zero-order valence-corrected chi connectivity index (χ0v) is 17.5. The molecule has 1 amide bonds. The minimum atomic E-state index is -0.122. The van der Waals surface area contributed by atoms with Gasteiger partial charge >= 0.3 is 0 Å². The van der Waals surface area contributed by atoms with E-state index in [1.54, 1.807) is 0 Å². The highest BCUT2D eigenvalue weighted by Crippen LogP contribution is 2.26. The van der Waals surface area contributed by atoms with Crippen LogP contribution in [-0.2, 0) is 6.61 Å². The Kier molecular flexibility index (Phi) is 6.37. The molecule has 28 heavy (non-hydrogen) atoms. The fourth-order valence-corrected chi connectivity index (χ4v) is 3.91. The third-order valence-electron chi connectivity index (χ3n) is 4.29. The van der Waals surface area contributed by atoms with E-state index in [0.29, 0.717) is 18.1 Å². The van der Waals surface area contributed by atoms with Crippen molar-refractivity contribution in [2.75, 3.05) is 11.9 Å². The molecular formula is C23H25NO3S. The molecule has 0 aliphatic carbocycles. The molecule has 1 aromatic heterocycles. The predicted molar refractivity (Wildman–Crippen MR) is 115 cm³/mol. The van der Waals surface area contributed by atoms with E-state index in [0.717, 1.165) is 33.9 Å². The van der Waals surface area contributed by atoms with E-state index in [1.165, 1.54) is 16.9 Å². The lowest BCUT2D eigenvalue weighted by Crippen LogP contribution is -2.10. The number of ether oxygens (including phenoxy) is 2. The Balaban J connectivity index is 1.61. The first-order valence-electron chi connectivity index (χ1n) is 9.28. The average Bonchev–Trinajstić information content (AvgIpc) is 3.12. The molecule has 146 valence electrons. The molecule has 1 N–H and O–H groups in total. The van der Waals surface area contributed by atoms with E-state index < -0.39 is 0 Å². The molecule has 0 aliphatic heterocycles. The summed E-state index contributed by atoms with van der Waals surface area (Å²) >= 11 is 1.42. The molecule has 4 nitrogen and oxygen atoms in total. The molecule has 0 radical (unpaired) electrons. The fraction of sp³-hybridized carbons (Fsp3) is 0.261. The van der Waals surface area contributed by atoms with Crippen molar-refractivity contribution in [1.29, 1.82) is 0 Å². The normalized spacial score (nSPS) is 10.6. The van der Waals surface area contributed by atoms with Crippen molar-refractivity contribution in [3.63, 3.8) is 0 Å². The van der Waals surface area contributed by atoms with Gasteiger partial charge in [0.1, 0.15) is 18.1 Å². The maximum absolute atomic E-state index is 12.5. The number of nitrogens with one attached hydrogen (secondary N) is 1. The van der Waals surface area contributed by atoms with Crippen LogP contribution < -0.4 is 14.8 Å². The summed E-state index contributed by atoms with van der Waals surface area (Å²) in [6.07, 6.45) is 0. The van der Waals surface area contributed by atoms with E-state index in [2.05, 4.69) is 38.2 Å². The van der Waals surface area contributed by atoms with Crippen LogP contribution in [0.3, 0.4) is 0 Å². The molecule has 3 rings (SSSR count). The number of thiophene rings is 1. The number of aryl methyl sites for hydroxylation is 3. The van der Waals surface area contributed by atoms with Crippen LogP contribution in [0.15, 0.2) is 47.8 Å². The average molecular weight is 396 g/mol. The van der Waals surface area contributed by atoms with Crippen LogP contribution in [-0.4, -0.2) is 12.5 Å². The van der Waals surface area contributed by atoms with Crippen LogP contribution in [0.25, 0.3) is 0 Å². The second kappa shape index (κ2) is 8.93. The van der Waals surface area contributed by atoms with Gasteiger partial charge in [0, 0.05) is 11.3 Å². The minimum Gasteiger partial charge on any atom is -0.494 e. The standard InChI is InChI=1S/C23H25NO3S/c1-5-26-20-8-6-19(7-9-20)24-23(25)21-12-18(14-28-21)13-27-22-16(3)10-15(2)11-17(22)4/h6-12,14H,5,13H2,1-4H3,(H,24,25). The van der Waals surface area contributed by atoms with Gasteiger partial charge in [0.05, 0.1) is 11.5 Å². The summed E-state index contributed by atoms with van der Waals surface area (Å²) < 4.78 is 11.4. The first-order chi connectivity index (χ1) is 13.5. The van der Waals surface area contributed by atoms with E-state index in [1.807, 2.05) is 42.6 Å². The van der Waals surface area contributed by atoms with Crippen molar-refractivity contribution < 1.29 is 14.3 Å². The fourth-order valence-electron chi connectivity index (χ4n) is 3.11. The van der Waals surface area contributed by atoms with Crippen molar-refractivity contribution in [1.82, 2.24) is 0 Å². The topological polar surface area (TPSA) is 47.6 Å². The van der Waals surface area contributed by atoms with Gasteiger partial charge in [-0.3, -0.25) is 4.79 Å². The van der Waals surface area contributed by atoms with Crippen molar-refractivity contribution >= 4 is 22.9 Å². The molecule has 1 heterocycles. The van der Waals surface area contributed by atoms with Crippen molar-refractivity contribution in [2.24, 2.45) is 0 Å². The number of rotatable bonds is 7. The number of carbonyl (C=O) groups excluding carboxylic acids is 1. The predicted octanol–water partition coefficient (Wildman–Crippen LogP) is 5.90. The number of amides is 1. The first-order valence-corrected chi connectivity index (χ1v) is 10.2. The zero-order chi connectivity index (χ0) is 20.1. The molecule has 5 heteroatoms. The molecule has 0 fully saturated rings. The summed E-state index contributed by atoms with van der Waals surface area (Å²) in [6.45, 7) is 9.19. The third-order valence-corrected chi connectivity index (χ3v) is 5.27. The first kappa shape index (κ1) is 20.0. The van der Waals surface area contributed by atoms with Crippen molar-refractivity contribution in [3.05, 3.63) is 75.0 Å². The van der Waals surface area contributed by atoms with Crippen molar-refractivity contribution in [2.45, 2.75) is 34.3 Å². The molecule has 0 atom stereocenters. The molecule has 3 aromatic rings. The van der Waals surface area contributed by atoms with Crippen LogP contribution in [0, 0.1) is 20.8 Å². The Hall–Kier alpha value is -2.79. The summed E-state index contributed by atoms with van der Waals surface area (Å²) in [4.78, 5) is 13.1. The highest BCUT2D eigenvalue weighted by atomic mass is 32.1. The maximum Gasteiger partial charge on any atom is 0.265 e. The van der Waals surface area contributed by atoms with Gasteiger partial charge in [0.2, 0.25) is 0 Å². The zero-order valence-electron chi connectivity index (χ0n) is 16.7. The monoisotopic (exact) mass is 395 g/mol. The van der Waals surface area contributed by atoms with E-state index in [4.69, 9.17) is 9.47 Å². The Labute approximate surface area is 170 Å². The minimum absolute atomic E-state index is 0.122. The third kappa shape index (κ3) is 4.93. The summed E-state index contributed by atoms with van der Waals surface area (Å²) in [5.41, 5.74) is 5.21. The SMILES string of the molecule is CCOc1ccc(NC(=O)c2cc(COc3c(C)cc(C)cc3C)cs2)cc1. The molecule has 0 bridgehead atoms. The number of anilines is 1. The number of carbonyl (C=O) groups is 1. The summed E-state index contributed by atoms with van der Waals surface area (Å²) in [5, 5.41) is 4.88. The van der Waals surface area contributed by atoms with Crippen LogP contribution in [0.5, 0.6) is 11.5 Å². The lowest BCUT2D eigenvalue weighted by molar-refractivity contribution is 0.103. The van der Waals surface area contributed by atoms with Gasteiger partial charge in [0.15, 0.2) is 0 Å². The Morgan fingerprint density at radius 1 is 1.00 bits per heavy atom. The molecule has 2 aromatic carbocycles. The van der Waals surface area contributed by atoms with E-state index in [-0.39, 0.29) is 5.91 Å². The Morgan fingerprint density at radius 2 is 1.68 bits per heavy atom. The molecule has 0 spiro atoms. The molecule has 0 saturated carbocycles. The van der Waals surface area contributed by atoms with Crippen LogP contribution >= 0.6 is 11.3 Å². The van der Waals surface area contributed by atoms with Gasteiger partial charge in [-0.15, -0.1) is 11.3 Å². The maximum atomic E-state index is 12.5. The summed E-state index contributed by atoms with van der Waals surface area (Å²) in [6, 6.07) is 13.5. The number of hydrogen-bond donors (Lipinski definition) is 1. The number of benzene rings is 2. The molecular weight excluding hydrogens is 370 g/mol. The van der Waals surface area contributed by atoms with Gasteiger partial charge in [-0.2, -0.15) is 0 Å². The molecule has 0 saturated heterocycles. The molecule has 0 unspecified atom stereocenters. The van der Waals surface area contributed by atoms with Gasteiger partial charge < -0.3 is 14.8 Å². The number of hydrogen-bond acceptors (Lipinski definition) is 4. The second-order valence-electron chi connectivity index (χ2n) is 6.75. The van der Waals surface area contributed by atoms with Gasteiger partial charge in [0.25, 0.3) is 5.91 Å². The lowest BCUT2D eigenvalue weighted by atomic mass is 10.1. The van der Waals surface area contributed by atoms with E-state index >= 15 is 0 Å². The Bertz CT molecular complexity index is 937. The van der Waals surface area contributed by atoms with Crippen molar-refractivity contribution in [3.8, 4) is 11.5 Å². The smallest absolute Gasteiger partial charge is 0.265 e. The second-order valence-corrected chi connectivity index (χ2v) is 7.66. The molecule has 0 aliphatic rings. The van der Waals surface area contributed by atoms with Crippen LogP contribution in [0.1, 0.15) is 38.8 Å². The lowest BCUT2D eigenvalue weighted by Gasteiger charge is -2.12. The van der Waals surface area contributed by atoms with Crippen LogP contribution in [0.2, 0.25) is 0 Å². The Morgan fingerprint density at radius 3 is 2.32 bits per heavy atom. The van der Waals surface area contributed by atoms with E-state index in [9.17, 15) is 4.79 Å². The quantitative estimate of drug-likeness (QED) is 0.541. The summed E-state index contributed by atoms with van der Waals surface area (Å²) in [7, 11) is 0. The highest BCUT2D eigenvalue weighted by Gasteiger charge is 2.11. The largest absolute Gasteiger partial charge is 0.494 e. The van der Waals surface area contributed by atoms with Gasteiger partial charge in [-0.05, 0) is 74.5 Å². The summed E-state index contributed by atoms with van der Waals surface area (Å²) in [5.74, 6) is 1.58. The van der Waals surface area contributed by atoms with Gasteiger partial charge in [-0.25, -0.2) is 0 Å².